The average molecular weight is 367 g/mol. The van der Waals surface area contributed by atoms with Crippen molar-refractivity contribution in [1.82, 2.24) is 15.5 Å². The molecule has 134 valence electrons. The van der Waals surface area contributed by atoms with E-state index in [1.54, 1.807) is 6.92 Å². The van der Waals surface area contributed by atoms with Crippen LogP contribution in [-0.4, -0.2) is 54.2 Å². The number of aromatic nitrogens is 2. The summed E-state index contributed by atoms with van der Waals surface area (Å²) in [5, 5.41) is 6.62. The van der Waals surface area contributed by atoms with Gasteiger partial charge in [-0.2, -0.15) is 0 Å². The number of morpholine rings is 1. The second-order valence-electron chi connectivity index (χ2n) is 6.01. The maximum Gasteiger partial charge on any atom is 0.275 e. The Balaban J connectivity index is 2.12. The van der Waals surface area contributed by atoms with E-state index in [9.17, 15) is 9.59 Å². The van der Waals surface area contributed by atoms with Crippen molar-refractivity contribution in [2.45, 2.75) is 33.0 Å². The lowest BCUT2D eigenvalue weighted by molar-refractivity contribution is -0.00526. The summed E-state index contributed by atoms with van der Waals surface area (Å²) in [7, 11) is 0. The van der Waals surface area contributed by atoms with Crippen molar-refractivity contribution in [3.05, 3.63) is 16.4 Å². The van der Waals surface area contributed by atoms with Gasteiger partial charge < -0.3 is 19.5 Å². The summed E-state index contributed by atoms with van der Waals surface area (Å²) in [6.45, 7) is 7.25. The topological polar surface area (TPSA) is 97.6 Å². The number of fused-ring (bicyclic) bond motifs is 1. The number of hydrogen-bond acceptors (Lipinski definition) is 7. The Bertz CT molecular complexity index is 812. The molecule has 2 atom stereocenters. The first kappa shape index (κ1) is 17.6. The Labute approximate surface area is 149 Å². The second-order valence-corrected chi connectivity index (χ2v) is 6.39. The van der Waals surface area contributed by atoms with Crippen molar-refractivity contribution in [2.24, 2.45) is 0 Å². The van der Waals surface area contributed by atoms with Gasteiger partial charge in [-0.05, 0) is 20.8 Å². The molecule has 0 bridgehead atoms. The van der Waals surface area contributed by atoms with Crippen molar-refractivity contribution in [2.75, 3.05) is 24.5 Å². The summed E-state index contributed by atoms with van der Waals surface area (Å²) in [4.78, 5) is 29.9. The third-order valence-electron chi connectivity index (χ3n) is 3.95. The normalized spacial score (nSPS) is 20.7. The summed E-state index contributed by atoms with van der Waals surface area (Å²) >= 11 is 6.50. The van der Waals surface area contributed by atoms with Crippen LogP contribution in [0, 0.1) is 0 Å². The van der Waals surface area contributed by atoms with Gasteiger partial charge in [0.25, 0.3) is 5.91 Å². The number of halogens is 1. The minimum Gasteiger partial charge on any atom is -0.372 e. The van der Waals surface area contributed by atoms with E-state index in [0.29, 0.717) is 31.6 Å². The molecular formula is C16H19ClN4O4. The van der Waals surface area contributed by atoms with E-state index in [0.717, 1.165) is 0 Å². The van der Waals surface area contributed by atoms with E-state index >= 15 is 0 Å². The van der Waals surface area contributed by atoms with Gasteiger partial charge in [-0.1, -0.05) is 16.8 Å². The molecule has 0 unspecified atom stereocenters. The van der Waals surface area contributed by atoms with Crippen LogP contribution in [-0.2, 0) is 4.74 Å². The smallest absolute Gasteiger partial charge is 0.275 e. The largest absolute Gasteiger partial charge is 0.372 e. The number of nitrogens with one attached hydrogen (secondary N) is 1. The van der Waals surface area contributed by atoms with E-state index < -0.39 is 5.91 Å². The molecule has 0 aromatic carbocycles. The molecule has 1 aliphatic rings. The lowest BCUT2D eigenvalue weighted by atomic mass is 10.1. The molecule has 0 aliphatic carbocycles. The van der Waals surface area contributed by atoms with E-state index in [-0.39, 0.29) is 39.7 Å². The highest BCUT2D eigenvalue weighted by molar-refractivity contribution is 6.38. The number of ether oxygens (including phenoxy) is 1. The molecule has 1 amide bonds. The van der Waals surface area contributed by atoms with Crippen LogP contribution in [0.25, 0.3) is 11.1 Å². The number of rotatable bonds is 4. The molecule has 1 aliphatic heterocycles. The molecule has 1 saturated heterocycles. The number of anilines is 1. The summed E-state index contributed by atoms with van der Waals surface area (Å²) in [5.74, 6) is -0.428. The number of nitrogens with zero attached hydrogens (tertiary/aromatic N) is 3. The number of aldehydes is 1. The Morgan fingerprint density at radius 2 is 2.08 bits per heavy atom. The van der Waals surface area contributed by atoms with Crippen molar-refractivity contribution < 1.29 is 18.8 Å². The first-order valence-corrected chi connectivity index (χ1v) is 8.46. The quantitative estimate of drug-likeness (QED) is 0.827. The van der Waals surface area contributed by atoms with Gasteiger partial charge in [0.2, 0.25) is 5.58 Å². The van der Waals surface area contributed by atoms with Gasteiger partial charge in [0, 0.05) is 19.6 Å². The molecule has 9 heteroatoms. The van der Waals surface area contributed by atoms with E-state index in [2.05, 4.69) is 15.5 Å². The SMILES string of the molecule is CCNC(=O)c1noc2c(Cl)c(N3C[C@@H](C)O[C@@H](C)C3)c(C=O)nc12. The molecule has 8 nitrogen and oxygen atoms in total. The third-order valence-corrected chi connectivity index (χ3v) is 4.30. The monoisotopic (exact) mass is 366 g/mol. The standard InChI is InChI=1S/C16H19ClN4O4/c1-4-18-16(23)13-12-15(25-20-13)11(17)14(10(7-22)19-12)21-5-8(2)24-9(3)6-21/h7-9H,4-6H2,1-3H3,(H,18,23)/t8-,9+. The fourth-order valence-electron chi connectivity index (χ4n) is 3.06. The predicted octanol–water partition coefficient (Wildman–Crippen LogP) is 2.05. The average Bonchev–Trinajstić information content (AvgIpc) is 2.98. The van der Waals surface area contributed by atoms with Gasteiger partial charge in [0.05, 0.1) is 17.9 Å². The van der Waals surface area contributed by atoms with Crippen molar-refractivity contribution >= 4 is 40.6 Å². The molecule has 0 saturated carbocycles. The number of amides is 1. The van der Waals surface area contributed by atoms with Crippen LogP contribution in [0.1, 0.15) is 41.7 Å². The number of carbonyl (C=O) groups excluding carboxylic acids is 2. The highest BCUT2D eigenvalue weighted by Gasteiger charge is 2.30. The number of carbonyl (C=O) groups is 2. The van der Waals surface area contributed by atoms with Crippen LogP contribution < -0.4 is 10.2 Å². The summed E-state index contributed by atoms with van der Waals surface area (Å²) in [6, 6.07) is 0. The molecule has 0 radical (unpaired) electrons. The van der Waals surface area contributed by atoms with Gasteiger partial charge in [0.1, 0.15) is 16.2 Å². The zero-order valence-electron chi connectivity index (χ0n) is 14.2. The fraction of sp³-hybridized carbons (Fsp3) is 0.500. The van der Waals surface area contributed by atoms with Gasteiger partial charge in [-0.25, -0.2) is 4.98 Å². The molecular weight excluding hydrogens is 348 g/mol. The Hall–Kier alpha value is -2.19. The van der Waals surface area contributed by atoms with Gasteiger partial charge in [-0.15, -0.1) is 0 Å². The summed E-state index contributed by atoms with van der Waals surface area (Å²) in [5.41, 5.74) is 1.00. The molecule has 2 aromatic heterocycles. The number of pyridine rings is 1. The molecule has 1 fully saturated rings. The summed E-state index contributed by atoms with van der Waals surface area (Å²) in [6.07, 6.45) is 0.589. The van der Waals surface area contributed by atoms with Crippen molar-refractivity contribution in [3.63, 3.8) is 0 Å². The van der Waals surface area contributed by atoms with Crippen LogP contribution in [0.3, 0.4) is 0 Å². The van der Waals surface area contributed by atoms with Crippen molar-refractivity contribution in [1.29, 1.82) is 0 Å². The fourth-order valence-corrected chi connectivity index (χ4v) is 3.40. The first-order valence-electron chi connectivity index (χ1n) is 8.08. The second kappa shape index (κ2) is 6.97. The maximum absolute atomic E-state index is 12.1. The molecule has 0 spiro atoms. The maximum atomic E-state index is 12.1. The van der Waals surface area contributed by atoms with Gasteiger partial charge >= 0.3 is 0 Å². The summed E-state index contributed by atoms with van der Waals surface area (Å²) < 4.78 is 11.0. The Morgan fingerprint density at radius 1 is 1.40 bits per heavy atom. The van der Waals surface area contributed by atoms with Crippen molar-refractivity contribution in [3.8, 4) is 0 Å². The Morgan fingerprint density at radius 3 is 2.68 bits per heavy atom. The van der Waals surface area contributed by atoms with Crippen LogP contribution in [0.2, 0.25) is 5.02 Å². The molecule has 3 heterocycles. The minimum atomic E-state index is -0.428. The van der Waals surface area contributed by atoms with E-state index in [4.69, 9.17) is 20.9 Å². The first-order chi connectivity index (χ1) is 12.0. The molecule has 1 N–H and O–H groups in total. The van der Waals surface area contributed by atoms with E-state index in [1.807, 2.05) is 18.7 Å². The lowest BCUT2D eigenvalue weighted by Gasteiger charge is -2.37. The highest BCUT2D eigenvalue weighted by Crippen LogP contribution is 2.37. The zero-order valence-corrected chi connectivity index (χ0v) is 15.0. The Kier molecular flexibility index (Phi) is 4.91. The molecule has 25 heavy (non-hydrogen) atoms. The lowest BCUT2D eigenvalue weighted by Crippen LogP contribution is -2.46. The minimum absolute atomic E-state index is 0.0112. The number of hydrogen-bond donors (Lipinski definition) is 1. The zero-order chi connectivity index (χ0) is 18.1. The van der Waals surface area contributed by atoms with Crippen LogP contribution >= 0.6 is 11.6 Å². The molecule has 2 aromatic rings. The molecule has 3 rings (SSSR count). The van der Waals surface area contributed by atoms with Crippen LogP contribution in [0.15, 0.2) is 4.52 Å². The van der Waals surface area contributed by atoms with Gasteiger partial charge in [0.15, 0.2) is 12.0 Å². The van der Waals surface area contributed by atoms with Gasteiger partial charge in [-0.3, -0.25) is 9.59 Å². The van der Waals surface area contributed by atoms with Crippen LogP contribution in [0.5, 0.6) is 0 Å². The third kappa shape index (κ3) is 3.19. The highest BCUT2D eigenvalue weighted by atomic mass is 35.5. The van der Waals surface area contributed by atoms with E-state index in [1.165, 1.54) is 0 Å². The predicted molar refractivity (Wildman–Crippen MR) is 92.4 cm³/mol. The van der Waals surface area contributed by atoms with Crippen LogP contribution in [0.4, 0.5) is 5.69 Å².